The first-order valence-corrected chi connectivity index (χ1v) is 19.3. The molecule has 2 fully saturated rings. The van der Waals surface area contributed by atoms with E-state index in [0.717, 1.165) is 73.4 Å². The number of aromatic nitrogens is 2. The fourth-order valence-electron chi connectivity index (χ4n) is 5.78. The van der Waals surface area contributed by atoms with Crippen LogP contribution in [0.2, 0.25) is 5.02 Å². The lowest BCUT2D eigenvalue weighted by molar-refractivity contribution is -0.125. The van der Waals surface area contributed by atoms with Gasteiger partial charge in [-0.05, 0) is 69.0 Å². The van der Waals surface area contributed by atoms with Crippen molar-refractivity contribution >= 4 is 52.7 Å². The van der Waals surface area contributed by atoms with E-state index in [4.69, 9.17) is 31.0 Å². The largest absolute Gasteiger partial charge is 0.491 e. The van der Waals surface area contributed by atoms with Crippen LogP contribution >= 0.6 is 34.7 Å². The molecule has 4 aromatic rings. The van der Waals surface area contributed by atoms with Crippen LogP contribution in [0.25, 0.3) is 21.7 Å². The van der Waals surface area contributed by atoms with E-state index in [-0.39, 0.29) is 18.0 Å². The number of thiazole rings is 1. The summed E-state index contributed by atoms with van der Waals surface area (Å²) in [5.74, 6) is 1.81. The molecule has 2 aromatic carbocycles. The van der Waals surface area contributed by atoms with Crippen molar-refractivity contribution in [1.82, 2.24) is 20.6 Å². The summed E-state index contributed by atoms with van der Waals surface area (Å²) >= 11 is 9.07. The first kappa shape index (κ1) is 38.7. The number of ether oxygens (including phenoxy) is 2. The third kappa shape index (κ3) is 10.1. The predicted molar refractivity (Wildman–Crippen MR) is 205 cm³/mol. The SMILES string of the molecule is COCCOc1ccc(-c2c(C#N)c(SCc3csc(-c4ccc(Cl)cc4)n3)nc(N3CCCC3)c2C#N)cc1.C[C@@H](C=O)NC(=O)C1CCCN1. The normalized spacial score (nSPS) is 15.6. The minimum absolute atomic E-state index is 0.0629. The van der Waals surface area contributed by atoms with Crippen molar-refractivity contribution < 1.29 is 19.1 Å². The predicted octanol–water partition coefficient (Wildman–Crippen LogP) is 6.63. The number of anilines is 1. The van der Waals surface area contributed by atoms with Crippen LogP contribution < -0.4 is 20.3 Å². The minimum atomic E-state index is -0.375. The monoisotopic (exact) mass is 757 g/mol. The molecule has 2 atom stereocenters. The van der Waals surface area contributed by atoms with Crippen molar-refractivity contribution in [2.45, 2.75) is 55.5 Å². The number of nitriles is 2. The van der Waals surface area contributed by atoms with Gasteiger partial charge in [0.2, 0.25) is 5.91 Å². The molecule has 1 amide bonds. The molecule has 1 unspecified atom stereocenters. The zero-order valence-corrected chi connectivity index (χ0v) is 31.5. The topological polar surface area (TPSA) is 153 Å². The molecule has 2 aliphatic rings. The van der Waals surface area contributed by atoms with E-state index in [2.05, 4.69) is 27.7 Å². The van der Waals surface area contributed by atoms with Gasteiger partial charge in [0.1, 0.15) is 52.2 Å². The Morgan fingerprint density at radius 2 is 1.79 bits per heavy atom. The molecule has 4 heterocycles. The summed E-state index contributed by atoms with van der Waals surface area (Å²) in [5, 5.41) is 30.5. The first-order chi connectivity index (χ1) is 25.3. The van der Waals surface area contributed by atoms with E-state index in [1.54, 1.807) is 25.4 Å². The zero-order valence-electron chi connectivity index (χ0n) is 29.1. The van der Waals surface area contributed by atoms with E-state index in [0.29, 0.717) is 57.3 Å². The third-order valence-electron chi connectivity index (χ3n) is 8.42. The van der Waals surface area contributed by atoms with Gasteiger partial charge in [-0.2, -0.15) is 10.5 Å². The Morgan fingerprint density at radius 1 is 1.08 bits per heavy atom. The van der Waals surface area contributed by atoms with Crippen LogP contribution in [0.15, 0.2) is 58.9 Å². The number of thioether (sulfide) groups is 1. The van der Waals surface area contributed by atoms with Gasteiger partial charge in [0.25, 0.3) is 0 Å². The van der Waals surface area contributed by atoms with Gasteiger partial charge in [0.15, 0.2) is 0 Å². The number of halogens is 1. The Balaban J connectivity index is 0.000000370. The molecule has 2 N–H and O–H groups in total. The number of nitrogens with one attached hydrogen (secondary N) is 2. The molecular weight excluding hydrogens is 718 g/mol. The molecule has 2 saturated heterocycles. The Bertz CT molecular complexity index is 1900. The Morgan fingerprint density at radius 3 is 2.42 bits per heavy atom. The number of pyridine rings is 1. The van der Waals surface area contributed by atoms with Crippen molar-refractivity contribution in [2.75, 3.05) is 44.9 Å². The van der Waals surface area contributed by atoms with E-state index in [9.17, 15) is 20.1 Å². The summed E-state index contributed by atoms with van der Waals surface area (Å²) in [6.45, 7) is 5.16. The molecule has 0 aliphatic carbocycles. The fraction of sp³-hybridized carbons (Fsp3) is 0.368. The second-order valence-electron chi connectivity index (χ2n) is 12.2. The molecule has 0 radical (unpaired) electrons. The lowest BCUT2D eigenvalue weighted by Crippen LogP contribution is -2.44. The Labute approximate surface area is 317 Å². The maximum Gasteiger partial charge on any atom is 0.237 e. The second-order valence-corrected chi connectivity index (χ2v) is 14.4. The summed E-state index contributed by atoms with van der Waals surface area (Å²) in [6, 6.07) is 19.3. The number of benzene rings is 2. The number of hydrogen-bond donors (Lipinski definition) is 2. The molecule has 0 spiro atoms. The highest BCUT2D eigenvalue weighted by molar-refractivity contribution is 7.98. The third-order valence-corrected chi connectivity index (χ3v) is 10.6. The number of hydrogen-bond acceptors (Lipinski definition) is 12. The number of carbonyl (C=O) groups is 2. The van der Waals surface area contributed by atoms with E-state index >= 15 is 0 Å². The maximum atomic E-state index is 11.3. The van der Waals surface area contributed by atoms with Gasteiger partial charge in [0.05, 0.1) is 29.9 Å². The van der Waals surface area contributed by atoms with Crippen molar-refractivity contribution in [2.24, 2.45) is 0 Å². The standard InChI is InChI=1S/C30H26ClN5O2S2.C8H14N2O2/c1-37-14-15-38-24-10-6-20(7-11-24)27-25(16-32)28(36-12-2-3-13-36)35-30(26(27)17-33)40-19-23-18-39-29(34-23)21-4-8-22(31)9-5-21;1-6(5-11)10-8(12)7-3-2-4-9-7/h4-11,18H,2-3,12-15,19H2,1H3;5-7,9H,2-4H2,1H3,(H,10,12)/t;6-,7?/m.0/s1. The summed E-state index contributed by atoms with van der Waals surface area (Å²) in [7, 11) is 1.63. The van der Waals surface area contributed by atoms with Gasteiger partial charge in [-0.3, -0.25) is 4.79 Å². The lowest BCUT2D eigenvalue weighted by Gasteiger charge is -2.22. The summed E-state index contributed by atoms with van der Waals surface area (Å²) in [5.41, 5.74) is 4.11. The Hall–Kier alpha value is -4.50. The maximum absolute atomic E-state index is 11.3. The molecule has 11 nitrogen and oxygen atoms in total. The highest BCUT2D eigenvalue weighted by Gasteiger charge is 2.27. The minimum Gasteiger partial charge on any atom is -0.491 e. The molecule has 6 rings (SSSR count). The highest BCUT2D eigenvalue weighted by atomic mass is 35.5. The number of methoxy groups -OCH3 is 1. The molecule has 0 bridgehead atoms. The molecular formula is C38H40ClN7O4S2. The fourth-order valence-corrected chi connectivity index (χ4v) is 7.71. The van der Waals surface area contributed by atoms with Crippen molar-refractivity contribution in [3.63, 3.8) is 0 Å². The summed E-state index contributed by atoms with van der Waals surface area (Å²) in [4.78, 5) is 33.4. The van der Waals surface area contributed by atoms with Gasteiger partial charge >= 0.3 is 0 Å². The van der Waals surface area contributed by atoms with Gasteiger partial charge in [0, 0.05) is 47.5 Å². The van der Waals surface area contributed by atoms with E-state index < -0.39 is 0 Å². The molecule has 270 valence electrons. The van der Waals surface area contributed by atoms with Crippen molar-refractivity contribution in [3.8, 4) is 39.6 Å². The average Bonchev–Trinajstić information content (AvgIpc) is 3.99. The van der Waals surface area contributed by atoms with Gasteiger partial charge in [-0.15, -0.1) is 11.3 Å². The van der Waals surface area contributed by atoms with Crippen LogP contribution in [0, 0.1) is 22.7 Å². The molecule has 0 saturated carbocycles. The van der Waals surface area contributed by atoms with E-state index in [1.807, 2.05) is 53.9 Å². The van der Waals surface area contributed by atoms with Crippen molar-refractivity contribution in [1.29, 1.82) is 10.5 Å². The number of amides is 1. The summed E-state index contributed by atoms with van der Waals surface area (Å²) in [6.07, 6.45) is 4.73. The lowest BCUT2D eigenvalue weighted by atomic mass is 9.96. The van der Waals surface area contributed by atoms with Gasteiger partial charge in [-0.1, -0.05) is 47.6 Å². The van der Waals surface area contributed by atoms with Crippen LogP contribution in [0.3, 0.4) is 0 Å². The van der Waals surface area contributed by atoms with Crippen LogP contribution in [-0.2, 0) is 20.1 Å². The summed E-state index contributed by atoms with van der Waals surface area (Å²) < 4.78 is 10.8. The van der Waals surface area contributed by atoms with Crippen LogP contribution in [0.4, 0.5) is 5.82 Å². The van der Waals surface area contributed by atoms with Crippen LogP contribution in [0.5, 0.6) is 5.75 Å². The van der Waals surface area contributed by atoms with Gasteiger partial charge < -0.3 is 29.8 Å². The second kappa shape index (κ2) is 19.4. The Kier molecular flexibility index (Phi) is 14.4. The molecule has 52 heavy (non-hydrogen) atoms. The quantitative estimate of drug-likeness (QED) is 0.0859. The van der Waals surface area contributed by atoms with Crippen LogP contribution in [0.1, 0.15) is 49.4 Å². The van der Waals surface area contributed by atoms with Crippen molar-refractivity contribution in [3.05, 3.63) is 75.8 Å². The van der Waals surface area contributed by atoms with Crippen LogP contribution in [-0.4, -0.2) is 74.2 Å². The number of rotatable bonds is 13. The number of aldehydes is 1. The molecule has 2 aromatic heterocycles. The number of nitrogens with zero attached hydrogens (tertiary/aromatic N) is 5. The van der Waals surface area contributed by atoms with E-state index in [1.165, 1.54) is 11.8 Å². The highest BCUT2D eigenvalue weighted by Crippen LogP contribution is 2.40. The zero-order chi connectivity index (χ0) is 36.9. The first-order valence-electron chi connectivity index (χ1n) is 17.0. The molecule has 14 heteroatoms. The number of carbonyl (C=O) groups excluding carboxylic acids is 2. The average molecular weight is 758 g/mol. The van der Waals surface area contributed by atoms with Gasteiger partial charge in [-0.25, -0.2) is 9.97 Å². The smallest absolute Gasteiger partial charge is 0.237 e. The molecule has 2 aliphatic heterocycles.